The third-order valence-electron chi connectivity index (χ3n) is 5.01. The molecule has 8 nitrogen and oxygen atoms in total. The van der Waals surface area contributed by atoms with Crippen molar-refractivity contribution in [3.8, 4) is 0 Å². The molecule has 0 fully saturated rings. The molecule has 0 heterocycles. The smallest absolute Gasteiger partial charge is 0.247 e. The Morgan fingerprint density at radius 3 is 1.88 bits per heavy atom. The molecular formula is C22H31N3O5S2. The van der Waals surface area contributed by atoms with Crippen molar-refractivity contribution in [2.45, 2.75) is 45.6 Å². The van der Waals surface area contributed by atoms with Crippen LogP contribution in [0.4, 0.5) is 11.4 Å². The molecule has 0 spiro atoms. The zero-order valence-corrected chi connectivity index (χ0v) is 20.9. The van der Waals surface area contributed by atoms with Crippen molar-refractivity contribution in [3.05, 3.63) is 53.6 Å². The van der Waals surface area contributed by atoms with E-state index in [-0.39, 0.29) is 4.90 Å². The number of aryl methyl sites for hydroxylation is 2. The number of benzene rings is 2. The van der Waals surface area contributed by atoms with Crippen LogP contribution in [0, 0.1) is 13.8 Å². The molecule has 1 N–H and O–H groups in total. The lowest BCUT2D eigenvalue weighted by Gasteiger charge is -2.29. The van der Waals surface area contributed by atoms with Gasteiger partial charge < -0.3 is 5.32 Å². The normalized spacial score (nSPS) is 13.1. The Morgan fingerprint density at radius 2 is 1.44 bits per heavy atom. The van der Waals surface area contributed by atoms with Crippen molar-refractivity contribution in [1.82, 2.24) is 4.31 Å². The van der Waals surface area contributed by atoms with Gasteiger partial charge in [-0.25, -0.2) is 16.8 Å². The molecule has 1 atom stereocenters. The Kier molecular flexibility index (Phi) is 8.08. The minimum atomic E-state index is -3.74. The minimum Gasteiger partial charge on any atom is -0.324 e. The highest BCUT2D eigenvalue weighted by atomic mass is 32.2. The highest BCUT2D eigenvalue weighted by Gasteiger charge is 2.29. The summed E-state index contributed by atoms with van der Waals surface area (Å²) in [6.07, 6.45) is 1.06. The number of anilines is 2. The fraction of sp³-hybridized carbons (Fsp3) is 0.409. The van der Waals surface area contributed by atoms with Crippen LogP contribution in [0.5, 0.6) is 0 Å². The molecule has 0 saturated heterocycles. The van der Waals surface area contributed by atoms with Gasteiger partial charge in [0.2, 0.25) is 26.0 Å². The molecule has 0 unspecified atom stereocenters. The van der Waals surface area contributed by atoms with Gasteiger partial charge in [-0.3, -0.25) is 9.10 Å². The first-order valence-corrected chi connectivity index (χ1v) is 13.6. The summed E-state index contributed by atoms with van der Waals surface area (Å²) >= 11 is 0. The Hall–Kier alpha value is -2.43. The number of amides is 1. The summed E-state index contributed by atoms with van der Waals surface area (Å²) in [4.78, 5) is 13.0. The van der Waals surface area contributed by atoms with Gasteiger partial charge in [-0.15, -0.1) is 0 Å². The standard InChI is InChI=1S/C22H31N3O5S2/c1-7-24(8-2)32(29,30)21-11-9-19(10-12-21)23-22(26)18(5)25(31(6,27)28)20-14-16(3)13-17(4)15-20/h9-15,18H,7-8H2,1-6H3,(H,23,26)/t18-/m1/s1. The SMILES string of the molecule is CCN(CC)S(=O)(=O)c1ccc(NC(=O)[C@@H](C)N(c2cc(C)cc(C)c2)S(C)(=O)=O)cc1. The first-order valence-electron chi connectivity index (χ1n) is 10.3. The van der Waals surface area contributed by atoms with E-state index in [1.807, 2.05) is 19.9 Å². The Labute approximate surface area is 191 Å². The molecule has 0 aliphatic carbocycles. The molecule has 2 rings (SSSR count). The maximum absolute atomic E-state index is 12.9. The van der Waals surface area contributed by atoms with Crippen LogP contribution < -0.4 is 9.62 Å². The van der Waals surface area contributed by atoms with E-state index in [0.717, 1.165) is 21.7 Å². The van der Waals surface area contributed by atoms with Gasteiger partial charge >= 0.3 is 0 Å². The summed E-state index contributed by atoms with van der Waals surface area (Å²) in [6.45, 7) is 9.46. The van der Waals surface area contributed by atoms with E-state index in [9.17, 15) is 21.6 Å². The van der Waals surface area contributed by atoms with Gasteiger partial charge in [0.05, 0.1) is 16.8 Å². The lowest BCUT2D eigenvalue weighted by Crippen LogP contribution is -2.45. The third-order valence-corrected chi connectivity index (χ3v) is 8.32. The van der Waals surface area contributed by atoms with Crippen LogP contribution in [-0.2, 0) is 24.8 Å². The molecule has 0 aliphatic rings. The van der Waals surface area contributed by atoms with E-state index in [1.165, 1.54) is 35.5 Å². The van der Waals surface area contributed by atoms with Crippen LogP contribution in [0.3, 0.4) is 0 Å². The zero-order valence-electron chi connectivity index (χ0n) is 19.3. The lowest BCUT2D eigenvalue weighted by molar-refractivity contribution is -0.116. The van der Waals surface area contributed by atoms with Gasteiger partial charge in [-0.2, -0.15) is 4.31 Å². The second-order valence-corrected chi connectivity index (χ2v) is 11.5. The van der Waals surface area contributed by atoms with Gasteiger partial charge in [0, 0.05) is 18.8 Å². The summed E-state index contributed by atoms with van der Waals surface area (Å²) in [5, 5.41) is 2.68. The van der Waals surface area contributed by atoms with Crippen molar-refractivity contribution in [2.75, 3.05) is 29.0 Å². The fourth-order valence-electron chi connectivity index (χ4n) is 3.56. The number of carbonyl (C=O) groups excluding carboxylic acids is 1. The predicted octanol–water partition coefficient (Wildman–Crippen LogP) is 3.13. The lowest BCUT2D eigenvalue weighted by atomic mass is 10.1. The molecule has 2 aromatic carbocycles. The molecule has 32 heavy (non-hydrogen) atoms. The van der Waals surface area contributed by atoms with E-state index in [2.05, 4.69) is 5.32 Å². The summed E-state index contributed by atoms with van der Waals surface area (Å²) < 4.78 is 52.7. The summed E-state index contributed by atoms with van der Waals surface area (Å²) in [5.41, 5.74) is 2.54. The first kappa shape index (κ1) is 25.8. The van der Waals surface area contributed by atoms with Gasteiger partial charge in [0.1, 0.15) is 6.04 Å². The van der Waals surface area contributed by atoms with E-state index in [1.54, 1.807) is 26.0 Å². The summed E-state index contributed by atoms with van der Waals surface area (Å²) in [7, 11) is -7.35. The maximum Gasteiger partial charge on any atom is 0.247 e. The van der Waals surface area contributed by atoms with Gasteiger partial charge in [-0.1, -0.05) is 19.9 Å². The molecule has 0 bridgehead atoms. The maximum atomic E-state index is 12.9. The second-order valence-electron chi connectivity index (χ2n) is 7.68. The second kappa shape index (κ2) is 10.0. The van der Waals surface area contributed by atoms with Crippen LogP contribution in [0.1, 0.15) is 31.9 Å². The Bertz CT molecular complexity index is 1150. The molecule has 0 saturated carbocycles. The molecule has 2 aromatic rings. The highest BCUT2D eigenvalue weighted by molar-refractivity contribution is 7.92. The summed E-state index contributed by atoms with van der Waals surface area (Å²) in [5.74, 6) is -0.533. The van der Waals surface area contributed by atoms with E-state index < -0.39 is 32.0 Å². The van der Waals surface area contributed by atoms with Gasteiger partial charge in [0.25, 0.3) is 0 Å². The van der Waals surface area contributed by atoms with Gasteiger partial charge in [-0.05, 0) is 68.3 Å². The molecule has 176 valence electrons. The monoisotopic (exact) mass is 481 g/mol. The number of sulfonamides is 2. The quantitative estimate of drug-likeness (QED) is 0.593. The van der Waals surface area contributed by atoms with Crippen LogP contribution in [-0.4, -0.2) is 52.4 Å². The first-order chi connectivity index (χ1) is 14.8. The van der Waals surface area contributed by atoms with Gasteiger partial charge in [0.15, 0.2) is 0 Å². The topological polar surface area (TPSA) is 104 Å². The Morgan fingerprint density at radius 1 is 0.938 bits per heavy atom. The number of hydrogen-bond donors (Lipinski definition) is 1. The van der Waals surface area contributed by atoms with Crippen LogP contribution >= 0.6 is 0 Å². The fourth-order valence-corrected chi connectivity index (χ4v) is 6.17. The average molecular weight is 482 g/mol. The number of carbonyl (C=O) groups is 1. The van der Waals surface area contributed by atoms with Crippen molar-refractivity contribution in [2.24, 2.45) is 0 Å². The zero-order chi connectivity index (χ0) is 24.3. The van der Waals surface area contributed by atoms with E-state index >= 15 is 0 Å². The molecule has 10 heteroatoms. The average Bonchev–Trinajstić information content (AvgIpc) is 2.67. The molecule has 0 aromatic heterocycles. The van der Waals surface area contributed by atoms with Crippen LogP contribution in [0.25, 0.3) is 0 Å². The van der Waals surface area contributed by atoms with Crippen molar-refractivity contribution >= 4 is 37.3 Å². The number of nitrogens with zero attached hydrogens (tertiary/aromatic N) is 2. The van der Waals surface area contributed by atoms with Crippen LogP contribution in [0.2, 0.25) is 0 Å². The van der Waals surface area contributed by atoms with Crippen LogP contribution in [0.15, 0.2) is 47.4 Å². The van der Waals surface area contributed by atoms with E-state index in [0.29, 0.717) is 24.5 Å². The number of hydrogen-bond acceptors (Lipinski definition) is 5. The van der Waals surface area contributed by atoms with E-state index in [4.69, 9.17) is 0 Å². The van der Waals surface area contributed by atoms with Crippen molar-refractivity contribution < 1.29 is 21.6 Å². The molecular weight excluding hydrogens is 450 g/mol. The Balaban J connectivity index is 2.28. The molecule has 0 aliphatic heterocycles. The summed E-state index contributed by atoms with van der Waals surface area (Å²) in [6, 6.07) is 10.1. The third kappa shape index (κ3) is 5.87. The molecule has 1 amide bonds. The highest BCUT2D eigenvalue weighted by Crippen LogP contribution is 2.25. The minimum absolute atomic E-state index is 0.125. The van der Waals surface area contributed by atoms with Crippen molar-refractivity contribution in [1.29, 1.82) is 0 Å². The number of nitrogens with one attached hydrogen (secondary N) is 1. The largest absolute Gasteiger partial charge is 0.324 e. The molecule has 0 radical (unpaired) electrons. The van der Waals surface area contributed by atoms with Crippen molar-refractivity contribution in [3.63, 3.8) is 0 Å². The number of rotatable bonds is 9. The predicted molar refractivity (Wildman–Crippen MR) is 128 cm³/mol.